The van der Waals surface area contributed by atoms with Gasteiger partial charge >= 0.3 is 0 Å². The number of nitrogens with two attached hydrogens (primary N) is 1. The van der Waals surface area contributed by atoms with Gasteiger partial charge in [0.15, 0.2) is 0 Å². The highest BCUT2D eigenvalue weighted by molar-refractivity contribution is 5.79. The van der Waals surface area contributed by atoms with E-state index in [0.717, 1.165) is 11.1 Å². The molecule has 1 heterocycles. The van der Waals surface area contributed by atoms with Crippen molar-refractivity contribution in [2.24, 2.45) is 11.7 Å². The number of rotatable bonds is 3. The Morgan fingerprint density at radius 2 is 2.00 bits per heavy atom. The van der Waals surface area contributed by atoms with Crippen molar-refractivity contribution in [2.75, 3.05) is 6.54 Å². The minimum absolute atomic E-state index is 0.0748. The van der Waals surface area contributed by atoms with Gasteiger partial charge < -0.3 is 10.6 Å². The molecule has 0 aromatic heterocycles. The summed E-state index contributed by atoms with van der Waals surface area (Å²) in [6.45, 7) is 1.86. The van der Waals surface area contributed by atoms with Gasteiger partial charge in [0.1, 0.15) is 0 Å². The highest BCUT2D eigenvalue weighted by atomic mass is 16.2. The van der Waals surface area contributed by atoms with Gasteiger partial charge in [0.2, 0.25) is 5.91 Å². The van der Waals surface area contributed by atoms with Crippen molar-refractivity contribution < 1.29 is 4.79 Å². The number of nitrogens with zero attached hydrogens (tertiary/aromatic N) is 1. The molecule has 1 aliphatic heterocycles. The predicted octanol–water partition coefficient (Wildman–Crippen LogP) is 1.13. The molecule has 1 aromatic carbocycles. The molecule has 3 nitrogen and oxygen atoms in total. The fourth-order valence-corrected chi connectivity index (χ4v) is 2.04. The van der Waals surface area contributed by atoms with E-state index in [-0.39, 0.29) is 11.8 Å². The number of carbonyl (C=O) groups is 1. The molecule has 0 spiro atoms. The third kappa shape index (κ3) is 2.66. The first-order valence-corrected chi connectivity index (χ1v) is 5.74. The van der Waals surface area contributed by atoms with Crippen LogP contribution in [0, 0.1) is 18.3 Å². The summed E-state index contributed by atoms with van der Waals surface area (Å²) in [7, 11) is 0. The third-order valence-electron chi connectivity index (χ3n) is 3.08. The molecule has 1 saturated heterocycles. The zero-order valence-corrected chi connectivity index (χ0v) is 9.73. The molecule has 3 heteroatoms. The second kappa shape index (κ2) is 5.03. The summed E-state index contributed by atoms with van der Waals surface area (Å²) in [5, 5.41) is 0. The zero-order valence-electron chi connectivity index (χ0n) is 9.73. The van der Waals surface area contributed by atoms with Gasteiger partial charge in [-0.2, -0.15) is 0 Å². The van der Waals surface area contributed by atoms with Gasteiger partial charge in [-0.15, -0.1) is 12.3 Å². The summed E-state index contributed by atoms with van der Waals surface area (Å²) in [6, 6.07) is 8.01. The second-order valence-electron chi connectivity index (χ2n) is 4.36. The van der Waals surface area contributed by atoms with Crippen molar-refractivity contribution >= 4 is 5.91 Å². The van der Waals surface area contributed by atoms with Crippen LogP contribution >= 0.6 is 0 Å². The molecule has 0 saturated carbocycles. The van der Waals surface area contributed by atoms with Gasteiger partial charge in [-0.05, 0) is 11.1 Å². The average molecular weight is 228 g/mol. The summed E-state index contributed by atoms with van der Waals surface area (Å²) in [6.07, 6.45) is 5.83. The lowest BCUT2D eigenvalue weighted by Crippen LogP contribution is -2.24. The van der Waals surface area contributed by atoms with Crippen LogP contribution in [-0.2, 0) is 17.9 Å². The lowest BCUT2D eigenvalue weighted by molar-refractivity contribution is -0.128. The summed E-state index contributed by atoms with van der Waals surface area (Å²) in [4.78, 5) is 13.5. The molecule has 2 N–H and O–H groups in total. The van der Waals surface area contributed by atoms with Crippen LogP contribution in [0.5, 0.6) is 0 Å². The molecule has 2 rings (SSSR count). The highest BCUT2D eigenvalue weighted by Crippen LogP contribution is 2.19. The van der Waals surface area contributed by atoms with Crippen LogP contribution in [0.1, 0.15) is 17.5 Å². The summed E-state index contributed by atoms with van der Waals surface area (Å²) in [5.41, 5.74) is 7.75. The number of benzene rings is 1. The molecule has 1 aromatic rings. The quantitative estimate of drug-likeness (QED) is 0.788. The van der Waals surface area contributed by atoms with Crippen molar-refractivity contribution in [1.82, 2.24) is 4.90 Å². The molecule has 88 valence electrons. The Labute approximate surface area is 102 Å². The number of carbonyl (C=O) groups excluding carboxylic acids is 1. The molecule has 1 aliphatic rings. The predicted molar refractivity (Wildman–Crippen MR) is 66.7 cm³/mol. The number of likely N-dealkylation sites (tertiary alicyclic amines) is 1. The molecular formula is C14H16N2O. The van der Waals surface area contributed by atoms with Gasteiger partial charge in [0.25, 0.3) is 0 Å². The molecule has 1 fully saturated rings. The van der Waals surface area contributed by atoms with Crippen molar-refractivity contribution in [3.63, 3.8) is 0 Å². The van der Waals surface area contributed by atoms with E-state index in [9.17, 15) is 4.79 Å². The van der Waals surface area contributed by atoms with Crippen molar-refractivity contribution in [1.29, 1.82) is 0 Å². The smallest absolute Gasteiger partial charge is 0.224 e. The van der Waals surface area contributed by atoms with E-state index >= 15 is 0 Å². The van der Waals surface area contributed by atoms with E-state index in [1.54, 1.807) is 0 Å². The van der Waals surface area contributed by atoms with E-state index in [4.69, 9.17) is 12.2 Å². The van der Waals surface area contributed by atoms with Crippen molar-refractivity contribution in [2.45, 2.75) is 19.5 Å². The van der Waals surface area contributed by atoms with Crippen molar-refractivity contribution in [3.8, 4) is 12.3 Å². The second-order valence-corrected chi connectivity index (χ2v) is 4.36. The number of hydrogen-bond acceptors (Lipinski definition) is 2. The van der Waals surface area contributed by atoms with E-state index in [0.29, 0.717) is 26.1 Å². The molecule has 0 radical (unpaired) electrons. The number of amides is 1. The van der Waals surface area contributed by atoms with Crippen LogP contribution < -0.4 is 5.73 Å². The first-order valence-electron chi connectivity index (χ1n) is 5.74. The Morgan fingerprint density at radius 1 is 1.35 bits per heavy atom. The molecular weight excluding hydrogens is 212 g/mol. The van der Waals surface area contributed by atoms with Crippen LogP contribution in [0.4, 0.5) is 0 Å². The van der Waals surface area contributed by atoms with Gasteiger partial charge in [0, 0.05) is 32.0 Å². The zero-order chi connectivity index (χ0) is 12.3. The van der Waals surface area contributed by atoms with E-state index < -0.39 is 0 Å². The van der Waals surface area contributed by atoms with Crippen LogP contribution in [0.3, 0.4) is 0 Å². The average Bonchev–Trinajstić information content (AvgIpc) is 2.71. The van der Waals surface area contributed by atoms with E-state index in [2.05, 4.69) is 5.92 Å². The Morgan fingerprint density at radius 3 is 2.53 bits per heavy atom. The number of hydrogen-bond donors (Lipinski definition) is 1. The van der Waals surface area contributed by atoms with E-state index in [1.165, 1.54) is 0 Å². The normalized spacial score (nSPS) is 19.4. The maximum Gasteiger partial charge on any atom is 0.224 e. The lowest BCUT2D eigenvalue weighted by atomic mass is 10.1. The van der Waals surface area contributed by atoms with Gasteiger partial charge in [-0.3, -0.25) is 4.79 Å². The molecule has 17 heavy (non-hydrogen) atoms. The minimum atomic E-state index is 0.0748. The monoisotopic (exact) mass is 228 g/mol. The summed E-state index contributed by atoms with van der Waals surface area (Å²) < 4.78 is 0. The highest BCUT2D eigenvalue weighted by Gasteiger charge is 2.27. The van der Waals surface area contributed by atoms with Crippen LogP contribution in [0.2, 0.25) is 0 Å². The molecule has 1 unspecified atom stereocenters. The summed E-state index contributed by atoms with van der Waals surface area (Å²) >= 11 is 0. The maximum absolute atomic E-state index is 11.7. The Kier molecular flexibility index (Phi) is 3.46. The molecule has 0 aliphatic carbocycles. The maximum atomic E-state index is 11.7. The Balaban J connectivity index is 2.01. The van der Waals surface area contributed by atoms with Gasteiger partial charge in [-0.25, -0.2) is 0 Å². The Bertz CT molecular complexity index is 444. The van der Waals surface area contributed by atoms with Crippen LogP contribution in [0.25, 0.3) is 0 Å². The van der Waals surface area contributed by atoms with Crippen molar-refractivity contribution in [3.05, 3.63) is 35.4 Å². The van der Waals surface area contributed by atoms with Gasteiger partial charge in [0.05, 0.1) is 0 Å². The fourth-order valence-electron chi connectivity index (χ4n) is 2.04. The first-order chi connectivity index (χ1) is 8.22. The minimum Gasteiger partial charge on any atom is -0.337 e. The number of terminal acetylenes is 1. The van der Waals surface area contributed by atoms with Crippen LogP contribution in [0.15, 0.2) is 24.3 Å². The Hall–Kier alpha value is -1.79. The standard InChI is InChI=1S/C14H16N2O/c1-2-11-7-14(17)16(9-11)10-13-5-3-12(8-15)4-6-13/h1,3-6,11H,7-10,15H2. The van der Waals surface area contributed by atoms with Crippen LogP contribution in [-0.4, -0.2) is 17.4 Å². The lowest BCUT2D eigenvalue weighted by Gasteiger charge is -2.15. The largest absolute Gasteiger partial charge is 0.337 e. The molecule has 1 amide bonds. The summed E-state index contributed by atoms with van der Waals surface area (Å²) in [5.74, 6) is 2.87. The topological polar surface area (TPSA) is 46.3 Å². The third-order valence-corrected chi connectivity index (χ3v) is 3.08. The van der Waals surface area contributed by atoms with Gasteiger partial charge in [-0.1, -0.05) is 24.3 Å². The first kappa shape index (κ1) is 11.7. The molecule has 0 bridgehead atoms. The fraction of sp³-hybridized carbons (Fsp3) is 0.357. The molecule has 1 atom stereocenters. The van der Waals surface area contributed by atoms with E-state index in [1.807, 2.05) is 29.2 Å². The SMILES string of the molecule is C#CC1CC(=O)N(Cc2ccc(CN)cc2)C1.